The maximum atomic E-state index is 12.9. The Hall–Kier alpha value is -2.75. The molecule has 0 unspecified atom stereocenters. The van der Waals surface area contributed by atoms with E-state index in [-0.39, 0.29) is 24.2 Å². The van der Waals surface area contributed by atoms with Crippen LogP contribution in [0.1, 0.15) is 24.5 Å². The molecule has 0 heterocycles. The fourth-order valence-corrected chi connectivity index (χ4v) is 4.18. The summed E-state index contributed by atoms with van der Waals surface area (Å²) in [5.74, 6) is -0.205. The molecule has 6 nitrogen and oxygen atoms in total. The van der Waals surface area contributed by atoms with E-state index in [1.165, 1.54) is 31.4 Å². The molecule has 0 aliphatic heterocycles. The quantitative estimate of drug-likeness (QED) is 0.676. The zero-order valence-electron chi connectivity index (χ0n) is 16.7. The lowest BCUT2D eigenvalue weighted by atomic mass is 10.1. The highest BCUT2D eigenvalue weighted by molar-refractivity contribution is 7.92. The summed E-state index contributed by atoms with van der Waals surface area (Å²) in [4.78, 5) is 12.8. The molecule has 1 N–H and O–H groups in total. The number of carbonyl (C=O) groups excluding carboxylic acids is 1. The molecule has 0 aromatic heterocycles. The van der Waals surface area contributed by atoms with Gasteiger partial charge in [-0.25, -0.2) is 8.42 Å². The molecule has 0 spiro atoms. The van der Waals surface area contributed by atoms with E-state index in [0.717, 1.165) is 22.7 Å². The van der Waals surface area contributed by atoms with Gasteiger partial charge < -0.3 is 10.1 Å². The van der Waals surface area contributed by atoms with E-state index < -0.39 is 33.7 Å². The maximum Gasteiger partial charge on any atom is 0.416 e. The first kappa shape index (κ1) is 23.5. The van der Waals surface area contributed by atoms with Gasteiger partial charge in [-0.05, 0) is 36.2 Å². The number of ether oxygens (including phenoxy) is 1. The van der Waals surface area contributed by atoms with Gasteiger partial charge in [-0.15, -0.1) is 0 Å². The van der Waals surface area contributed by atoms with Gasteiger partial charge in [0.2, 0.25) is 15.9 Å². The molecule has 0 saturated carbocycles. The molecule has 164 valence electrons. The van der Waals surface area contributed by atoms with Gasteiger partial charge in [0.1, 0.15) is 11.8 Å². The molecule has 1 atom stereocenters. The first-order valence-corrected chi connectivity index (χ1v) is 10.9. The van der Waals surface area contributed by atoms with Crippen LogP contribution < -0.4 is 14.4 Å². The maximum absolute atomic E-state index is 12.9. The van der Waals surface area contributed by atoms with Gasteiger partial charge in [0, 0.05) is 12.6 Å². The van der Waals surface area contributed by atoms with Gasteiger partial charge in [-0.1, -0.05) is 25.1 Å². The molecule has 30 heavy (non-hydrogen) atoms. The highest BCUT2D eigenvalue weighted by Gasteiger charge is 2.32. The average molecular weight is 444 g/mol. The Bertz CT molecular complexity index is 994. The number of nitrogens with one attached hydrogen (secondary N) is 1. The van der Waals surface area contributed by atoms with Gasteiger partial charge in [0.05, 0.1) is 24.6 Å². The van der Waals surface area contributed by atoms with E-state index in [4.69, 9.17) is 4.74 Å². The molecule has 2 rings (SSSR count). The minimum absolute atomic E-state index is 0.151. The van der Waals surface area contributed by atoms with Crippen molar-refractivity contribution in [3.8, 4) is 5.75 Å². The van der Waals surface area contributed by atoms with Crippen molar-refractivity contribution in [3.63, 3.8) is 0 Å². The van der Waals surface area contributed by atoms with Crippen molar-refractivity contribution in [2.75, 3.05) is 17.7 Å². The van der Waals surface area contributed by atoms with E-state index in [2.05, 4.69) is 5.32 Å². The first-order chi connectivity index (χ1) is 14.0. The van der Waals surface area contributed by atoms with Gasteiger partial charge >= 0.3 is 6.18 Å². The average Bonchev–Trinajstić information content (AvgIpc) is 2.68. The summed E-state index contributed by atoms with van der Waals surface area (Å²) in [6.45, 7) is 1.47. The second kappa shape index (κ2) is 9.38. The lowest BCUT2D eigenvalue weighted by Gasteiger charge is -2.30. The number of methoxy groups -OCH3 is 1. The van der Waals surface area contributed by atoms with Crippen molar-refractivity contribution < 1.29 is 31.1 Å². The molecule has 0 aliphatic rings. The second-order valence-electron chi connectivity index (χ2n) is 6.60. The van der Waals surface area contributed by atoms with Crippen molar-refractivity contribution >= 4 is 21.6 Å². The summed E-state index contributed by atoms with van der Waals surface area (Å²) in [6, 6.07) is 9.76. The molecule has 1 amide bonds. The Morgan fingerprint density at radius 2 is 1.83 bits per heavy atom. The van der Waals surface area contributed by atoms with E-state index in [9.17, 15) is 26.4 Å². The van der Waals surface area contributed by atoms with E-state index in [1.54, 1.807) is 19.1 Å². The molecule has 0 aliphatic carbocycles. The van der Waals surface area contributed by atoms with Crippen molar-refractivity contribution in [1.82, 2.24) is 5.32 Å². The van der Waals surface area contributed by atoms with Crippen molar-refractivity contribution in [3.05, 3.63) is 59.7 Å². The zero-order valence-corrected chi connectivity index (χ0v) is 17.5. The summed E-state index contributed by atoms with van der Waals surface area (Å²) >= 11 is 0. The summed E-state index contributed by atoms with van der Waals surface area (Å²) in [5.41, 5.74) is -0.325. The first-order valence-electron chi connectivity index (χ1n) is 9.04. The normalized spacial score (nSPS) is 12.9. The molecule has 2 aromatic carbocycles. The monoisotopic (exact) mass is 444 g/mol. The van der Waals surface area contributed by atoms with Crippen molar-refractivity contribution in [2.24, 2.45) is 0 Å². The molecule has 2 aromatic rings. The summed E-state index contributed by atoms with van der Waals surface area (Å²) in [6.07, 6.45) is -3.36. The van der Waals surface area contributed by atoms with Crippen molar-refractivity contribution in [2.45, 2.75) is 32.1 Å². The zero-order chi connectivity index (χ0) is 22.5. The molecule has 10 heteroatoms. The van der Waals surface area contributed by atoms with Crippen LogP contribution in [0.4, 0.5) is 18.9 Å². The molecular weight excluding hydrogens is 421 g/mol. The van der Waals surface area contributed by atoms with Gasteiger partial charge in [-0.3, -0.25) is 9.10 Å². The van der Waals surface area contributed by atoms with Gasteiger partial charge in [0.25, 0.3) is 0 Å². The number of alkyl halides is 3. The number of rotatable bonds is 8. The van der Waals surface area contributed by atoms with Gasteiger partial charge in [-0.2, -0.15) is 13.2 Å². The van der Waals surface area contributed by atoms with Crippen LogP contribution in [0.15, 0.2) is 48.5 Å². The third-order valence-electron chi connectivity index (χ3n) is 4.36. The highest BCUT2D eigenvalue weighted by Crippen LogP contribution is 2.30. The number of hydrogen-bond acceptors (Lipinski definition) is 4. The number of carbonyl (C=O) groups is 1. The second-order valence-corrected chi connectivity index (χ2v) is 8.46. The fourth-order valence-electron chi connectivity index (χ4n) is 2.97. The molecular formula is C20H23F3N2O4S. The Morgan fingerprint density at radius 1 is 1.17 bits per heavy atom. The summed E-state index contributed by atoms with van der Waals surface area (Å²) < 4.78 is 69.6. The number of amides is 1. The Labute approximate surface area is 173 Å². The van der Waals surface area contributed by atoms with Crippen LogP contribution in [-0.4, -0.2) is 33.7 Å². The number of anilines is 1. The predicted octanol–water partition coefficient (Wildman–Crippen LogP) is 3.58. The minimum atomic E-state index is -4.49. The standard InChI is InChI=1S/C20H23F3N2O4S/c1-4-18(25(30(3,27)28)16-9-6-10-17(12-16)29-2)19(26)24-13-14-7-5-8-15(11-14)20(21,22)23/h5-12,18H,4,13H2,1-3H3,(H,24,26)/t18-/m0/s1. The molecule has 0 saturated heterocycles. The third kappa shape index (κ3) is 5.88. The van der Waals surface area contributed by atoms with Gasteiger partial charge in [0.15, 0.2) is 0 Å². The SMILES string of the molecule is CC[C@@H](C(=O)NCc1cccc(C(F)(F)F)c1)N(c1cccc(OC)c1)S(C)(=O)=O. The van der Waals surface area contributed by atoms with E-state index in [1.807, 2.05) is 0 Å². The van der Waals surface area contributed by atoms with Crippen LogP contribution in [0, 0.1) is 0 Å². The number of halogens is 3. The van der Waals surface area contributed by atoms with Crippen LogP contribution in [0.3, 0.4) is 0 Å². The fraction of sp³-hybridized carbons (Fsp3) is 0.350. The lowest BCUT2D eigenvalue weighted by Crippen LogP contribution is -2.49. The third-order valence-corrected chi connectivity index (χ3v) is 5.54. The molecule has 0 radical (unpaired) electrons. The number of nitrogens with zero attached hydrogens (tertiary/aromatic N) is 1. The largest absolute Gasteiger partial charge is 0.497 e. The Morgan fingerprint density at radius 3 is 2.40 bits per heavy atom. The Balaban J connectivity index is 2.26. The minimum Gasteiger partial charge on any atom is -0.497 e. The summed E-state index contributed by atoms with van der Waals surface area (Å²) in [5, 5.41) is 2.54. The van der Waals surface area contributed by atoms with Crippen molar-refractivity contribution in [1.29, 1.82) is 0 Å². The van der Waals surface area contributed by atoms with Crippen LogP contribution in [0.5, 0.6) is 5.75 Å². The van der Waals surface area contributed by atoms with Crippen LogP contribution in [-0.2, 0) is 27.5 Å². The topological polar surface area (TPSA) is 75.7 Å². The summed E-state index contributed by atoms with van der Waals surface area (Å²) in [7, 11) is -2.41. The molecule has 0 fully saturated rings. The van der Waals surface area contributed by atoms with Crippen LogP contribution in [0.2, 0.25) is 0 Å². The number of sulfonamides is 1. The van der Waals surface area contributed by atoms with Crippen LogP contribution >= 0.6 is 0 Å². The number of benzene rings is 2. The Kier molecular flexibility index (Phi) is 7.35. The predicted molar refractivity (Wildman–Crippen MR) is 108 cm³/mol. The smallest absolute Gasteiger partial charge is 0.416 e. The molecule has 0 bridgehead atoms. The lowest BCUT2D eigenvalue weighted by molar-refractivity contribution is -0.137. The number of hydrogen-bond donors (Lipinski definition) is 1. The van der Waals surface area contributed by atoms with E-state index >= 15 is 0 Å². The van der Waals surface area contributed by atoms with Crippen LogP contribution in [0.25, 0.3) is 0 Å². The highest BCUT2D eigenvalue weighted by atomic mass is 32.2. The van der Waals surface area contributed by atoms with E-state index in [0.29, 0.717) is 5.75 Å².